The Kier molecular flexibility index (Phi) is 4.77. The van der Waals surface area contributed by atoms with Crippen LogP contribution < -0.4 is 10.6 Å². The number of hydrogen-bond donors (Lipinski definition) is 1. The second-order valence-corrected chi connectivity index (χ2v) is 6.44. The lowest BCUT2D eigenvalue weighted by Crippen LogP contribution is -2.40. The molecule has 4 heteroatoms. The van der Waals surface area contributed by atoms with Gasteiger partial charge in [0, 0.05) is 34.3 Å². The Morgan fingerprint density at radius 1 is 1.53 bits per heavy atom. The van der Waals surface area contributed by atoms with Crippen LogP contribution in [-0.4, -0.2) is 30.6 Å². The lowest BCUT2D eigenvalue weighted by atomic mass is 10.1. The van der Waals surface area contributed by atoms with Crippen molar-refractivity contribution >= 4 is 33.4 Å². The highest BCUT2D eigenvalue weighted by Crippen LogP contribution is 2.28. The van der Waals surface area contributed by atoms with Crippen LogP contribution >= 0.6 is 27.7 Å². The highest BCUT2D eigenvalue weighted by atomic mass is 79.9. The van der Waals surface area contributed by atoms with Crippen molar-refractivity contribution in [1.82, 2.24) is 0 Å². The smallest absolute Gasteiger partial charge is 0.0380 e. The molecule has 2 N–H and O–H groups in total. The SMILES string of the molecule is CC1CSCCN1c1ccc(CCN)c(Br)c1. The molecule has 1 aromatic rings. The van der Waals surface area contributed by atoms with E-state index in [0.29, 0.717) is 12.6 Å². The molecule has 0 bridgehead atoms. The van der Waals surface area contributed by atoms with Crippen molar-refractivity contribution in [2.75, 3.05) is 29.5 Å². The Morgan fingerprint density at radius 2 is 2.35 bits per heavy atom. The van der Waals surface area contributed by atoms with Gasteiger partial charge in [0.2, 0.25) is 0 Å². The molecule has 1 aromatic carbocycles. The van der Waals surface area contributed by atoms with Crippen molar-refractivity contribution in [2.24, 2.45) is 5.73 Å². The van der Waals surface area contributed by atoms with E-state index in [1.54, 1.807) is 0 Å². The van der Waals surface area contributed by atoms with Crippen molar-refractivity contribution in [3.63, 3.8) is 0 Å². The molecule has 0 aromatic heterocycles. The van der Waals surface area contributed by atoms with Crippen molar-refractivity contribution in [2.45, 2.75) is 19.4 Å². The average Bonchev–Trinajstić information content (AvgIpc) is 2.33. The number of anilines is 1. The van der Waals surface area contributed by atoms with Crippen LogP contribution in [0.15, 0.2) is 22.7 Å². The molecule has 17 heavy (non-hydrogen) atoms. The highest BCUT2D eigenvalue weighted by Gasteiger charge is 2.19. The van der Waals surface area contributed by atoms with E-state index >= 15 is 0 Å². The van der Waals surface area contributed by atoms with E-state index < -0.39 is 0 Å². The summed E-state index contributed by atoms with van der Waals surface area (Å²) in [7, 11) is 0. The van der Waals surface area contributed by atoms with Gasteiger partial charge in [-0.1, -0.05) is 22.0 Å². The van der Waals surface area contributed by atoms with Crippen molar-refractivity contribution < 1.29 is 0 Å². The molecule has 0 spiro atoms. The quantitative estimate of drug-likeness (QED) is 0.930. The Morgan fingerprint density at radius 3 is 3.00 bits per heavy atom. The molecule has 1 atom stereocenters. The lowest BCUT2D eigenvalue weighted by Gasteiger charge is -2.35. The van der Waals surface area contributed by atoms with Gasteiger partial charge < -0.3 is 10.6 Å². The van der Waals surface area contributed by atoms with Crippen LogP contribution in [0.1, 0.15) is 12.5 Å². The van der Waals surface area contributed by atoms with E-state index in [4.69, 9.17) is 5.73 Å². The van der Waals surface area contributed by atoms with Gasteiger partial charge in [0.25, 0.3) is 0 Å². The van der Waals surface area contributed by atoms with E-state index in [1.165, 1.54) is 27.2 Å². The fraction of sp³-hybridized carbons (Fsp3) is 0.538. The first-order chi connectivity index (χ1) is 8.22. The zero-order valence-electron chi connectivity index (χ0n) is 10.2. The minimum absolute atomic E-state index is 0.626. The molecule has 94 valence electrons. The monoisotopic (exact) mass is 314 g/mol. The molecule has 0 aliphatic carbocycles. The molecular weight excluding hydrogens is 296 g/mol. The van der Waals surface area contributed by atoms with Gasteiger partial charge in [-0.15, -0.1) is 0 Å². The second kappa shape index (κ2) is 6.12. The summed E-state index contributed by atoms with van der Waals surface area (Å²) >= 11 is 5.69. The minimum Gasteiger partial charge on any atom is -0.367 e. The molecule has 0 amide bonds. The summed E-state index contributed by atoms with van der Waals surface area (Å²) in [6.07, 6.45) is 0.937. The maximum atomic E-state index is 5.60. The second-order valence-electron chi connectivity index (χ2n) is 4.43. The Balaban J connectivity index is 2.18. The molecule has 1 unspecified atom stereocenters. The summed E-state index contributed by atoms with van der Waals surface area (Å²) in [5.74, 6) is 2.45. The first-order valence-corrected chi connectivity index (χ1v) is 8.00. The van der Waals surface area contributed by atoms with Crippen LogP contribution in [0.25, 0.3) is 0 Å². The molecule has 1 fully saturated rings. The molecule has 0 saturated carbocycles. The normalized spacial score (nSPS) is 20.6. The van der Waals surface area contributed by atoms with Gasteiger partial charge in [-0.3, -0.25) is 0 Å². The topological polar surface area (TPSA) is 29.3 Å². The van der Waals surface area contributed by atoms with E-state index in [0.717, 1.165) is 13.0 Å². The average molecular weight is 315 g/mol. The molecule has 1 aliphatic rings. The van der Waals surface area contributed by atoms with Gasteiger partial charge in [0.15, 0.2) is 0 Å². The van der Waals surface area contributed by atoms with Gasteiger partial charge >= 0.3 is 0 Å². The fourth-order valence-corrected chi connectivity index (χ4v) is 3.76. The number of nitrogens with zero attached hydrogens (tertiary/aromatic N) is 1. The Bertz CT molecular complexity index is 384. The van der Waals surface area contributed by atoms with E-state index in [1.807, 2.05) is 11.8 Å². The number of thioether (sulfide) groups is 1. The zero-order valence-corrected chi connectivity index (χ0v) is 12.6. The van der Waals surface area contributed by atoms with Crippen LogP contribution in [0, 0.1) is 0 Å². The van der Waals surface area contributed by atoms with Crippen LogP contribution in [0.3, 0.4) is 0 Å². The molecule has 0 radical (unpaired) electrons. The van der Waals surface area contributed by atoms with Crippen LogP contribution in [0.4, 0.5) is 5.69 Å². The number of halogens is 1. The third kappa shape index (κ3) is 3.18. The van der Waals surface area contributed by atoms with Gasteiger partial charge in [-0.25, -0.2) is 0 Å². The lowest BCUT2D eigenvalue weighted by molar-refractivity contribution is 0.699. The number of rotatable bonds is 3. The standard InChI is InChI=1S/C13H19BrN2S/c1-10-9-17-7-6-16(10)12-3-2-11(4-5-15)13(14)8-12/h2-3,8,10H,4-7,9,15H2,1H3. The Labute approximate surface area is 116 Å². The summed E-state index contributed by atoms with van der Waals surface area (Å²) in [4.78, 5) is 2.49. The van der Waals surface area contributed by atoms with Crippen molar-refractivity contribution in [3.8, 4) is 0 Å². The van der Waals surface area contributed by atoms with Crippen LogP contribution in [0.2, 0.25) is 0 Å². The molecule has 2 rings (SSSR count). The van der Waals surface area contributed by atoms with E-state index in [9.17, 15) is 0 Å². The third-order valence-corrected chi connectivity index (χ3v) is 5.08. The van der Waals surface area contributed by atoms with E-state index in [-0.39, 0.29) is 0 Å². The summed E-state index contributed by atoms with van der Waals surface area (Å²) in [6.45, 7) is 4.15. The summed E-state index contributed by atoms with van der Waals surface area (Å²) < 4.78 is 1.19. The molecule has 1 saturated heterocycles. The molecule has 2 nitrogen and oxygen atoms in total. The first-order valence-electron chi connectivity index (χ1n) is 6.05. The fourth-order valence-electron chi connectivity index (χ4n) is 2.18. The van der Waals surface area contributed by atoms with Gasteiger partial charge in [-0.2, -0.15) is 11.8 Å². The predicted molar refractivity (Wildman–Crippen MR) is 81.0 cm³/mol. The summed E-state index contributed by atoms with van der Waals surface area (Å²) in [5.41, 5.74) is 8.22. The number of hydrogen-bond acceptors (Lipinski definition) is 3. The number of nitrogens with two attached hydrogens (primary N) is 1. The maximum absolute atomic E-state index is 5.60. The van der Waals surface area contributed by atoms with Gasteiger partial charge in [-0.05, 0) is 37.6 Å². The molecule has 1 heterocycles. The van der Waals surface area contributed by atoms with Crippen molar-refractivity contribution in [1.29, 1.82) is 0 Å². The van der Waals surface area contributed by atoms with Crippen LogP contribution in [-0.2, 0) is 6.42 Å². The molecule has 1 aliphatic heterocycles. The predicted octanol–water partition coefficient (Wildman–Crippen LogP) is 2.89. The molecular formula is C13H19BrN2S. The maximum Gasteiger partial charge on any atom is 0.0380 e. The van der Waals surface area contributed by atoms with Crippen LogP contribution in [0.5, 0.6) is 0 Å². The van der Waals surface area contributed by atoms with Gasteiger partial charge in [0.05, 0.1) is 0 Å². The third-order valence-electron chi connectivity index (χ3n) is 3.15. The van der Waals surface area contributed by atoms with Gasteiger partial charge in [0.1, 0.15) is 0 Å². The Hall–Kier alpha value is -0.190. The van der Waals surface area contributed by atoms with Crippen molar-refractivity contribution in [3.05, 3.63) is 28.2 Å². The largest absolute Gasteiger partial charge is 0.367 e. The highest BCUT2D eigenvalue weighted by molar-refractivity contribution is 9.10. The zero-order chi connectivity index (χ0) is 12.3. The summed E-state index contributed by atoms with van der Waals surface area (Å²) in [5, 5.41) is 0. The van der Waals surface area contributed by atoms with E-state index in [2.05, 4.69) is 46.0 Å². The number of benzene rings is 1. The minimum atomic E-state index is 0.626. The summed E-state index contributed by atoms with van der Waals surface area (Å²) in [6, 6.07) is 7.28. The first kappa shape index (κ1) is 13.2.